The molecule has 10 rings (SSSR count). The van der Waals surface area contributed by atoms with Gasteiger partial charge in [0.15, 0.2) is 23.0 Å². The number of rotatable bonds is 14. The molecule has 380 valence electrons. The highest BCUT2D eigenvalue weighted by Crippen LogP contribution is 2.56. The van der Waals surface area contributed by atoms with Gasteiger partial charge in [-0.15, -0.1) is 0 Å². The van der Waals surface area contributed by atoms with Gasteiger partial charge in [0.2, 0.25) is 17.7 Å². The van der Waals surface area contributed by atoms with Crippen LogP contribution in [0.4, 0.5) is 19.4 Å². The number of primary amides is 1. The van der Waals surface area contributed by atoms with Crippen LogP contribution < -0.4 is 30.7 Å². The van der Waals surface area contributed by atoms with Crippen molar-refractivity contribution in [2.45, 2.75) is 94.2 Å². The van der Waals surface area contributed by atoms with Crippen molar-refractivity contribution in [1.82, 2.24) is 30.2 Å². The Bertz CT molecular complexity index is 2910. The molecule has 5 heterocycles. The first-order valence-electron chi connectivity index (χ1n) is 25.2. The van der Waals surface area contributed by atoms with E-state index >= 15 is 8.78 Å². The summed E-state index contributed by atoms with van der Waals surface area (Å²) in [5.41, 5.74) is 7.51. The molecule has 0 spiro atoms. The number of halogens is 3. The van der Waals surface area contributed by atoms with Gasteiger partial charge in [-0.25, -0.2) is 13.6 Å². The quantitative estimate of drug-likeness (QED) is 0.0869. The number of aliphatic hydroxyl groups is 1. The van der Waals surface area contributed by atoms with Crippen molar-refractivity contribution in [2.75, 3.05) is 57.4 Å². The van der Waals surface area contributed by atoms with Crippen molar-refractivity contribution in [2.24, 2.45) is 18.7 Å². The first kappa shape index (κ1) is 49.4. The molecule has 1 saturated carbocycles. The Kier molecular flexibility index (Phi) is 14.0. The van der Waals surface area contributed by atoms with Crippen LogP contribution in [0.5, 0.6) is 11.5 Å². The zero-order chi connectivity index (χ0) is 50.4. The highest BCUT2D eigenvalue weighted by Gasteiger charge is 2.50. The van der Waals surface area contributed by atoms with Crippen LogP contribution in [0.2, 0.25) is 5.02 Å². The number of aromatic nitrogens is 2. The number of aliphatic hydroxyl groups excluding tert-OH is 1. The number of aryl methyl sites for hydroxylation is 1. The van der Waals surface area contributed by atoms with Crippen LogP contribution in [0.15, 0.2) is 66.7 Å². The molecule has 72 heavy (non-hydrogen) atoms. The molecule has 5 aromatic rings. The van der Waals surface area contributed by atoms with E-state index in [0.29, 0.717) is 30.4 Å². The van der Waals surface area contributed by atoms with Gasteiger partial charge in [0.1, 0.15) is 18.2 Å². The van der Waals surface area contributed by atoms with Gasteiger partial charge < -0.3 is 35.4 Å². The number of urea groups is 1. The maximum atomic E-state index is 16.5. The molecule has 18 heteroatoms. The van der Waals surface area contributed by atoms with E-state index in [0.717, 1.165) is 94.0 Å². The molecular formula is C54H61ClF2N8O7. The van der Waals surface area contributed by atoms with Crippen molar-refractivity contribution >= 4 is 52.1 Å². The molecule has 3 atom stereocenters. The van der Waals surface area contributed by atoms with Crippen LogP contribution in [0.25, 0.3) is 22.0 Å². The van der Waals surface area contributed by atoms with Gasteiger partial charge in [-0.1, -0.05) is 54.9 Å². The average molecular weight is 1010 g/mol. The van der Waals surface area contributed by atoms with Crippen molar-refractivity contribution < 1.29 is 42.5 Å². The molecule has 0 bridgehead atoms. The number of carbonyl (C=O) groups is 4. The molecule has 5 aliphatic rings. The number of hydrogen-bond acceptors (Lipinski definition) is 10. The SMILES string of the molecule is CC1c2c(cc(F)c(Cl)c2-c2c(C(N)=O)ccc(OCCO)c2F)OC1(CNC1CCC(C(=O)N2CCCC2CN2CCC(c3ccc4c(N5CCC(=O)NC5=O)nn(C)c4c3)CC2)CC1)c1ccccc1. The molecule has 5 amide bonds. The Morgan fingerprint density at radius 2 is 1.74 bits per heavy atom. The number of amides is 5. The number of hydrogen-bond donors (Lipinski definition) is 4. The normalized spacial score (nSPS) is 23.9. The zero-order valence-corrected chi connectivity index (χ0v) is 41.4. The number of anilines is 1. The minimum Gasteiger partial charge on any atom is -0.488 e. The zero-order valence-electron chi connectivity index (χ0n) is 40.6. The molecule has 1 aromatic heterocycles. The summed E-state index contributed by atoms with van der Waals surface area (Å²) in [6.07, 6.45) is 7.24. The number of nitrogens with two attached hydrogens (primary N) is 1. The fourth-order valence-electron chi connectivity index (χ4n) is 12.1. The number of benzene rings is 4. The maximum Gasteiger partial charge on any atom is 0.329 e. The third-order valence-corrected chi connectivity index (χ3v) is 16.3. The van der Waals surface area contributed by atoms with Gasteiger partial charge in [-0.3, -0.25) is 29.3 Å². The third kappa shape index (κ3) is 9.17. The smallest absolute Gasteiger partial charge is 0.329 e. The number of ether oxygens (including phenoxy) is 2. The highest BCUT2D eigenvalue weighted by molar-refractivity contribution is 6.34. The monoisotopic (exact) mass is 1010 g/mol. The van der Waals surface area contributed by atoms with Gasteiger partial charge in [-0.05, 0) is 106 Å². The molecule has 0 radical (unpaired) electrons. The summed E-state index contributed by atoms with van der Waals surface area (Å²) in [6.45, 7) is 5.43. The Labute approximate surface area is 421 Å². The summed E-state index contributed by atoms with van der Waals surface area (Å²) in [5.74, 6) is -2.59. The highest BCUT2D eigenvalue weighted by atomic mass is 35.5. The Morgan fingerprint density at radius 3 is 2.46 bits per heavy atom. The lowest BCUT2D eigenvalue weighted by Crippen LogP contribution is -2.50. The number of likely N-dealkylation sites (tertiary alicyclic amines) is 2. The molecule has 4 aromatic carbocycles. The lowest BCUT2D eigenvalue weighted by molar-refractivity contribution is -0.138. The molecule has 5 N–H and O–H groups in total. The van der Waals surface area contributed by atoms with Crippen molar-refractivity contribution in [3.63, 3.8) is 0 Å². The number of nitrogens with one attached hydrogen (secondary N) is 2. The molecule has 1 aliphatic carbocycles. The lowest BCUT2D eigenvalue weighted by Gasteiger charge is -2.39. The molecule has 4 fully saturated rings. The standard InChI is InChI=1S/C54H61ClF2N8O7/c1-31-45-43(28-40(56)48(55)47(45)46-39(50(58)68)16-17-42(49(46)57)71-26-25-66)72-54(31,35-7-4-3-5-8-35)30-59-36-13-10-33(11-14-36)52(69)64-21-6-9-37(64)29-63-22-18-32(19-23-63)34-12-15-38-41(27-34)62(2)61-51(38)65-24-20-44(67)60-53(65)70/h3-5,7-8,12,15-17,27-28,31-33,36-37,59,66H,6,9-11,13-14,18-26,29-30H2,1-2H3,(H2,58,68)(H,60,67,70). The number of piperidine rings is 1. The first-order chi connectivity index (χ1) is 34.8. The van der Waals surface area contributed by atoms with Gasteiger partial charge in [0.25, 0.3) is 0 Å². The van der Waals surface area contributed by atoms with E-state index in [1.807, 2.05) is 50.4 Å². The predicted molar refractivity (Wildman–Crippen MR) is 268 cm³/mol. The molecule has 3 unspecified atom stereocenters. The summed E-state index contributed by atoms with van der Waals surface area (Å²) in [7, 11) is 1.88. The number of carbonyl (C=O) groups excluding carboxylic acids is 4. The Hall–Kier alpha value is -6.14. The van der Waals surface area contributed by atoms with Gasteiger partial charge in [-0.2, -0.15) is 5.10 Å². The molecular weight excluding hydrogens is 946 g/mol. The third-order valence-electron chi connectivity index (χ3n) is 16.0. The van der Waals surface area contributed by atoms with Gasteiger partial charge in [0.05, 0.1) is 22.7 Å². The Balaban J connectivity index is 0.776. The van der Waals surface area contributed by atoms with Crippen LogP contribution in [-0.4, -0.2) is 113 Å². The van der Waals surface area contributed by atoms with Crippen LogP contribution >= 0.6 is 11.6 Å². The van der Waals surface area contributed by atoms with E-state index in [-0.39, 0.29) is 77.6 Å². The second-order valence-corrected chi connectivity index (χ2v) is 20.5. The van der Waals surface area contributed by atoms with E-state index in [4.69, 9.17) is 26.8 Å². The average Bonchev–Trinajstić information content (AvgIpc) is 4.07. The molecule has 4 aliphatic heterocycles. The van der Waals surface area contributed by atoms with Crippen molar-refractivity contribution in [1.29, 1.82) is 0 Å². The van der Waals surface area contributed by atoms with E-state index in [1.54, 1.807) is 4.68 Å². The summed E-state index contributed by atoms with van der Waals surface area (Å²) in [5, 5.41) is 20.7. The summed E-state index contributed by atoms with van der Waals surface area (Å²) >= 11 is 6.74. The summed E-state index contributed by atoms with van der Waals surface area (Å²) < 4.78 is 46.5. The van der Waals surface area contributed by atoms with Crippen LogP contribution in [-0.2, 0) is 22.2 Å². The van der Waals surface area contributed by atoms with Crippen LogP contribution in [0, 0.1) is 17.6 Å². The minimum atomic E-state index is -1.11. The number of imide groups is 1. The largest absolute Gasteiger partial charge is 0.488 e. The molecule has 15 nitrogen and oxygen atoms in total. The first-order valence-corrected chi connectivity index (χ1v) is 25.6. The van der Waals surface area contributed by atoms with E-state index in [9.17, 15) is 24.3 Å². The van der Waals surface area contributed by atoms with E-state index in [1.165, 1.54) is 28.7 Å². The second kappa shape index (κ2) is 20.4. The van der Waals surface area contributed by atoms with E-state index < -0.39 is 40.1 Å². The van der Waals surface area contributed by atoms with E-state index in [2.05, 4.69) is 37.7 Å². The van der Waals surface area contributed by atoms with Crippen LogP contribution in [0.3, 0.4) is 0 Å². The van der Waals surface area contributed by atoms with Gasteiger partial charge in [0, 0.05) is 91.7 Å². The van der Waals surface area contributed by atoms with Crippen molar-refractivity contribution in [3.05, 3.63) is 106 Å². The topological polar surface area (TPSA) is 185 Å². The fourth-order valence-corrected chi connectivity index (χ4v) is 12.4. The second-order valence-electron chi connectivity index (χ2n) is 20.1. The fraction of sp³-hybridized carbons (Fsp3) is 0.463. The number of fused-ring (bicyclic) bond motifs is 2. The van der Waals surface area contributed by atoms with Crippen molar-refractivity contribution in [3.8, 4) is 22.6 Å². The predicted octanol–water partition coefficient (Wildman–Crippen LogP) is 7.50. The Morgan fingerprint density at radius 1 is 0.972 bits per heavy atom. The minimum absolute atomic E-state index is 0.0521. The summed E-state index contributed by atoms with van der Waals surface area (Å²) in [6, 6.07) is 19.5. The maximum absolute atomic E-state index is 16.5. The lowest BCUT2D eigenvalue weighted by atomic mass is 9.77. The summed E-state index contributed by atoms with van der Waals surface area (Å²) in [4.78, 5) is 57.7. The van der Waals surface area contributed by atoms with Gasteiger partial charge >= 0.3 is 6.03 Å². The number of nitrogens with zero attached hydrogens (tertiary/aromatic N) is 5. The molecule has 3 saturated heterocycles. The van der Waals surface area contributed by atoms with Crippen LogP contribution in [0.1, 0.15) is 104 Å².